The van der Waals surface area contributed by atoms with E-state index in [4.69, 9.17) is 4.74 Å². The van der Waals surface area contributed by atoms with Crippen LogP contribution in [0.4, 0.5) is 0 Å². The molecule has 3 rings (SSSR count). The van der Waals surface area contributed by atoms with Gasteiger partial charge >= 0.3 is 5.97 Å². The average Bonchev–Trinajstić information content (AvgIpc) is 3.17. The second-order valence-corrected chi connectivity index (χ2v) is 7.83. The van der Waals surface area contributed by atoms with Gasteiger partial charge in [-0.2, -0.15) is 0 Å². The van der Waals surface area contributed by atoms with E-state index >= 15 is 0 Å². The maximum atomic E-state index is 13.1. The van der Waals surface area contributed by atoms with Crippen LogP contribution >= 0.6 is 11.8 Å². The molecule has 1 atom stereocenters. The number of hydrogen-bond acceptors (Lipinski definition) is 5. The number of esters is 1. The van der Waals surface area contributed by atoms with Crippen molar-refractivity contribution < 1.29 is 14.3 Å². The van der Waals surface area contributed by atoms with Crippen LogP contribution in [0.25, 0.3) is 11.0 Å². The van der Waals surface area contributed by atoms with Crippen LogP contribution in [-0.2, 0) is 11.3 Å². The number of ketones is 1. The van der Waals surface area contributed by atoms with Gasteiger partial charge in [-0.3, -0.25) is 4.79 Å². The number of hydrogen-bond donors (Lipinski definition) is 1. The highest BCUT2D eigenvalue weighted by atomic mass is 32.2. The molecule has 0 fully saturated rings. The molecule has 0 aliphatic heterocycles. The Bertz CT molecular complexity index is 1060. The monoisotopic (exact) mass is 397 g/mol. The van der Waals surface area contributed by atoms with Crippen LogP contribution in [0, 0.1) is 13.8 Å². The number of methoxy groups -OCH3 is 1. The second kappa shape index (κ2) is 8.06. The molecule has 3 aromatic rings. The third-order valence-electron chi connectivity index (χ3n) is 4.66. The zero-order valence-electron chi connectivity index (χ0n) is 16.4. The Hall–Kier alpha value is -2.80. The molecule has 1 N–H and O–H groups in total. The zero-order valence-corrected chi connectivity index (χ0v) is 17.2. The van der Waals surface area contributed by atoms with Crippen molar-refractivity contribution in [3.8, 4) is 0 Å². The molecule has 6 nitrogen and oxygen atoms in total. The lowest BCUT2D eigenvalue weighted by Crippen LogP contribution is -2.16. The smallest absolute Gasteiger partial charge is 0.339 e. The van der Waals surface area contributed by atoms with Crippen LogP contribution in [0.2, 0.25) is 0 Å². The number of nitrogens with one attached hydrogen (secondary N) is 1. The number of thioether (sulfide) groups is 1. The first-order valence-electron chi connectivity index (χ1n) is 8.93. The summed E-state index contributed by atoms with van der Waals surface area (Å²) < 4.78 is 6.87. The van der Waals surface area contributed by atoms with Crippen molar-refractivity contribution in [2.75, 3.05) is 7.11 Å². The van der Waals surface area contributed by atoms with Crippen LogP contribution < -0.4 is 0 Å². The number of aromatic amines is 1. The summed E-state index contributed by atoms with van der Waals surface area (Å²) >= 11 is 1.40. The van der Waals surface area contributed by atoms with Crippen molar-refractivity contribution in [3.63, 3.8) is 0 Å². The van der Waals surface area contributed by atoms with Gasteiger partial charge in [0, 0.05) is 12.2 Å². The number of ether oxygens (including phenoxy) is 1. The predicted octanol–water partition coefficient (Wildman–Crippen LogP) is 4.32. The molecule has 0 aliphatic rings. The molecule has 0 bridgehead atoms. The van der Waals surface area contributed by atoms with E-state index in [1.807, 2.05) is 41.8 Å². The Balaban J connectivity index is 1.92. The number of nitrogens with zero attached hydrogens (tertiary/aromatic N) is 2. The van der Waals surface area contributed by atoms with Crippen molar-refractivity contribution in [1.82, 2.24) is 14.5 Å². The summed E-state index contributed by atoms with van der Waals surface area (Å²) in [5.41, 5.74) is 3.98. The predicted molar refractivity (Wildman–Crippen MR) is 111 cm³/mol. The highest BCUT2D eigenvalue weighted by Crippen LogP contribution is 2.30. The number of aromatic nitrogens is 3. The quantitative estimate of drug-likeness (QED) is 0.278. The molecule has 7 heteroatoms. The van der Waals surface area contributed by atoms with Gasteiger partial charge in [0.1, 0.15) is 0 Å². The van der Waals surface area contributed by atoms with Crippen molar-refractivity contribution in [1.29, 1.82) is 0 Å². The maximum absolute atomic E-state index is 13.1. The highest BCUT2D eigenvalue weighted by molar-refractivity contribution is 8.00. The molecule has 146 valence electrons. The molecule has 0 unspecified atom stereocenters. The minimum absolute atomic E-state index is 0.0852. The van der Waals surface area contributed by atoms with E-state index in [2.05, 4.69) is 16.5 Å². The van der Waals surface area contributed by atoms with Gasteiger partial charge in [0.15, 0.2) is 10.9 Å². The summed E-state index contributed by atoms with van der Waals surface area (Å²) in [6.45, 7) is 9.79. The van der Waals surface area contributed by atoms with Crippen molar-refractivity contribution in [2.45, 2.75) is 37.7 Å². The molecule has 0 spiro atoms. The molecule has 1 aromatic carbocycles. The number of para-hydroxylation sites is 2. The van der Waals surface area contributed by atoms with Gasteiger partial charge in [-0.05, 0) is 38.5 Å². The minimum atomic E-state index is -0.446. The van der Waals surface area contributed by atoms with E-state index in [0.717, 1.165) is 16.2 Å². The molecule has 0 aliphatic carbocycles. The topological polar surface area (TPSA) is 77.0 Å². The molecule has 28 heavy (non-hydrogen) atoms. The molecular formula is C21H23N3O3S. The lowest BCUT2D eigenvalue weighted by Gasteiger charge is -2.11. The first-order valence-corrected chi connectivity index (χ1v) is 9.81. The summed E-state index contributed by atoms with van der Waals surface area (Å²) in [4.78, 5) is 32.8. The lowest BCUT2D eigenvalue weighted by atomic mass is 10.1. The number of H-pyrrole nitrogens is 1. The third-order valence-corrected chi connectivity index (χ3v) is 5.75. The number of imidazole rings is 1. The van der Waals surface area contributed by atoms with Gasteiger partial charge in [0.2, 0.25) is 0 Å². The van der Waals surface area contributed by atoms with E-state index in [9.17, 15) is 9.59 Å². The molecule has 0 amide bonds. The number of fused-ring (bicyclic) bond motifs is 1. The highest BCUT2D eigenvalue weighted by Gasteiger charge is 2.27. The van der Waals surface area contributed by atoms with Crippen LogP contribution in [0.3, 0.4) is 0 Å². The largest absolute Gasteiger partial charge is 0.465 e. The molecule has 0 saturated carbocycles. The fourth-order valence-electron chi connectivity index (χ4n) is 3.27. The molecule has 0 saturated heterocycles. The first-order chi connectivity index (χ1) is 13.4. The SMILES string of the molecule is C=CCn1c(S[C@@H](C)C(=O)c2[nH]c(C)c(C(=O)OC)c2C)nc2ccccc21. The number of benzene rings is 1. The van der Waals surface area contributed by atoms with Gasteiger partial charge in [-0.25, -0.2) is 9.78 Å². The Morgan fingerprint density at radius 2 is 2.07 bits per heavy atom. The number of allylic oxidation sites excluding steroid dienone is 1. The van der Waals surface area contributed by atoms with E-state index in [1.165, 1.54) is 18.9 Å². The summed E-state index contributed by atoms with van der Waals surface area (Å²) in [6, 6.07) is 7.86. The Morgan fingerprint density at radius 1 is 1.36 bits per heavy atom. The summed E-state index contributed by atoms with van der Waals surface area (Å²) in [7, 11) is 1.33. The number of carbonyl (C=O) groups excluding carboxylic acids is 2. The number of carbonyl (C=O) groups is 2. The van der Waals surface area contributed by atoms with Crippen molar-refractivity contribution in [2.24, 2.45) is 0 Å². The normalized spacial score (nSPS) is 12.1. The number of rotatable bonds is 7. The van der Waals surface area contributed by atoms with Gasteiger partial charge in [0.25, 0.3) is 0 Å². The van der Waals surface area contributed by atoms with Gasteiger partial charge in [0.05, 0.1) is 34.7 Å². The first kappa shape index (κ1) is 19.9. The molecule has 2 heterocycles. The zero-order chi connectivity index (χ0) is 20.4. The Morgan fingerprint density at radius 3 is 2.75 bits per heavy atom. The summed E-state index contributed by atoms with van der Waals surface area (Å²) in [5.74, 6) is -0.531. The van der Waals surface area contributed by atoms with E-state index in [-0.39, 0.29) is 11.0 Å². The Kier molecular flexibility index (Phi) is 5.74. The van der Waals surface area contributed by atoms with Gasteiger partial charge < -0.3 is 14.3 Å². The van der Waals surface area contributed by atoms with E-state index in [1.54, 1.807) is 13.8 Å². The van der Waals surface area contributed by atoms with Crippen LogP contribution in [-0.4, -0.2) is 38.6 Å². The average molecular weight is 398 g/mol. The fourth-order valence-corrected chi connectivity index (χ4v) is 4.26. The van der Waals surface area contributed by atoms with Crippen molar-refractivity contribution >= 4 is 34.5 Å². The second-order valence-electron chi connectivity index (χ2n) is 6.52. The van der Waals surface area contributed by atoms with Crippen LogP contribution in [0.15, 0.2) is 42.1 Å². The maximum Gasteiger partial charge on any atom is 0.339 e. The molecular weight excluding hydrogens is 374 g/mol. The summed E-state index contributed by atoms with van der Waals surface area (Å²) in [6.07, 6.45) is 1.81. The lowest BCUT2D eigenvalue weighted by molar-refractivity contribution is 0.0599. The van der Waals surface area contributed by atoms with E-state index < -0.39 is 5.97 Å². The standard InChI is InChI=1S/C21H23N3O3S/c1-6-11-24-16-10-8-7-9-15(16)23-21(24)28-14(4)19(25)18-12(2)17(13(3)22-18)20(26)27-5/h6-10,14,22H,1,11H2,2-5H3/t14-/m0/s1. The van der Waals surface area contributed by atoms with Crippen LogP contribution in [0.1, 0.15) is 39.0 Å². The minimum Gasteiger partial charge on any atom is -0.465 e. The third kappa shape index (κ3) is 3.49. The van der Waals surface area contributed by atoms with Crippen LogP contribution in [0.5, 0.6) is 0 Å². The van der Waals surface area contributed by atoms with E-state index in [0.29, 0.717) is 29.1 Å². The molecule has 2 aromatic heterocycles. The summed E-state index contributed by atoms with van der Waals surface area (Å²) in [5, 5.41) is 0.374. The number of Topliss-reactive ketones (excluding diaryl/α,β-unsaturated/α-hetero) is 1. The van der Waals surface area contributed by atoms with Crippen molar-refractivity contribution in [3.05, 3.63) is 59.4 Å². The Labute approximate surface area is 168 Å². The van der Waals surface area contributed by atoms with Gasteiger partial charge in [-0.1, -0.05) is 30.0 Å². The fraction of sp³-hybridized carbons (Fsp3) is 0.286. The van der Waals surface area contributed by atoms with Gasteiger partial charge in [-0.15, -0.1) is 6.58 Å². The molecule has 0 radical (unpaired) electrons. The number of aryl methyl sites for hydroxylation is 1.